The van der Waals surface area contributed by atoms with Crippen molar-refractivity contribution in [2.75, 3.05) is 0 Å². The second-order valence-corrected chi connectivity index (χ2v) is 6.03. The van der Waals surface area contributed by atoms with Crippen LogP contribution >= 0.6 is 15.9 Å². The first-order valence-corrected chi connectivity index (χ1v) is 7.49. The number of pyridine rings is 1. The lowest BCUT2D eigenvalue weighted by Gasteiger charge is -2.36. The lowest BCUT2D eigenvalue weighted by atomic mass is 9.76. The summed E-state index contributed by atoms with van der Waals surface area (Å²) in [7, 11) is 0. The fourth-order valence-corrected chi connectivity index (χ4v) is 2.81. The Bertz CT molecular complexity index is 518. The van der Waals surface area contributed by atoms with Crippen LogP contribution in [0.4, 0.5) is 0 Å². The Hall–Kier alpha value is -1.19. The number of benzene rings is 1. The van der Waals surface area contributed by atoms with Crippen molar-refractivity contribution in [3.05, 3.63) is 64.4 Å². The molecule has 1 aromatic heterocycles. The largest absolute Gasteiger partial charge is 0.308 e. The standard InChI is InChI=1S/C16H17BrN2/c17-14-6-4-12(5-7-14)13-9-16(10-13)19-11-15-3-1-2-8-18-15/h1-8,13,16,19H,9-11H2. The van der Waals surface area contributed by atoms with E-state index in [9.17, 15) is 0 Å². The molecule has 0 aliphatic heterocycles. The zero-order valence-corrected chi connectivity index (χ0v) is 12.3. The Morgan fingerprint density at radius 1 is 1.11 bits per heavy atom. The summed E-state index contributed by atoms with van der Waals surface area (Å²) in [6, 6.07) is 15.4. The maximum absolute atomic E-state index is 4.33. The molecule has 2 aromatic rings. The maximum Gasteiger partial charge on any atom is 0.0541 e. The molecule has 1 aliphatic carbocycles. The Kier molecular flexibility index (Phi) is 3.95. The van der Waals surface area contributed by atoms with Crippen molar-refractivity contribution in [3.63, 3.8) is 0 Å². The highest BCUT2D eigenvalue weighted by Crippen LogP contribution is 2.37. The minimum atomic E-state index is 0.635. The Morgan fingerprint density at radius 2 is 1.89 bits per heavy atom. The first kappa shape index (κ1) is 12.8. The van der Waals surface area contributed by atoms with Gasteiger partial charge in [-0.25, -0.2) is 0 Å². The van der Waals surface area contributed by atoms with Crippen molar-refractivity contribution in [1.82, 2.24) is 10.3 Å². The van der Waals surface area contributed by atoms with Crippen LogP contribution in [0, 0.1) is 0 Å². The predicted molar refractivity (Wildman–Crippen MR) is 81.0 cm³/mol. The highest BCUT2D eigenvalue weighted by Gasteiger charge is 2.29. The van der Waals surface area contributed by atoms with Crippen molar-refractivity contribution < 1.29 is 0 Å². The normalized spacial score (nSPS) is 21.9. The smallest absolute Gasteiger partial charge is 0.0541 e. The van der Waals surface area contributed by atoms with Gasteiger partial charge in [0.05, 0.1) is 5.69 Å². The van der Waals surface area contributed by atoms with Crippen LogP contribution in [0.25, 0.3) is 0 Å². The number of hydrogen-bond acceptors (Lipinski definition) is 2. The van der Waals surface area contributed by atoms with E-state index in [0.717, 1.165) is 16.7 Å². The molecule has 1 aromatic carbocycles. The minimum absolute atomic E-state index is 0.635. The molecular formula is C16H17BrN2. The SMILES string of the molecule is Brc1ccc(C2CC(NCc3ccccn3)C2)cc1. The second-order valence-electron chi connectivity index (χ2n) is 5.12. The Morgan fingerprint density at radius 3 is 2.58 bits per heavy atom. The lowest BCUT2D eigenvalue weighted by Crippen LogP contribution is -2.39. The van der Waals surface area contributed by atoms with Crippen LogP contribution < -0.4 is 5.32 Å². The molecule has 1 N–H and O–H groups in total. The van der Waals surface area contributed by atoms with Gasteiger partial charge in [-0.2, -0.15) is 0 Å². The van der Waals surface area contributed by atoms with Crippen molar-refractivity contribution in [3.8, 4) is 0 Å². The number of rotatable bonds is 4. The highest BCUT2D eigenvalue weighted by molar-refractivity contribution is 9.10. The summed E-state index contributed by atoms with van der Waals surface area (Å²) in [4.78, 5) is 4.33. The van der Waals surface area contributed by atoms with Crippen LogP contribution in [0.5, 0.6) is 0 Å². The fourth-order valence-electron chi connectivity index (χ4n) is 2.54. The first-order valence-electron chi connectivity index (χ1n) is 6.70. The zero-order valence-electron chi connectivity index (χ0n) is 10.7. The van der Waals surface area contributed by atoms with Crippen molar-refractivity contribution in [2.24, 2.45) is 0 Å². The lowest BCUT2D eigenvalue weighted by molar-refractivity contribution is 0.288. The molecule has 3 heteroatoms. The third-order valence-corrected chi connectivity index (χ3v) is 4.31. The molecule has 0 saturated heterocycles. The van der Waals surface area contributed by atoms with Crippen LogP contribution in [0.1, 0.15) is 30.0 Å². The number of nitrogens with one attached hydrogen (secondary N) is 1. The summed E-state index contributed by atoms with van der Waals surface area (Å²) < 4.78 is 1.15. The second kappa shape index (κ2) is 5.85. The molecule has 1 fully saturated rings. The third kappa shape index (κ3) is 3.23. The molecule has 19 heavy (non-hydrogen) atoms. The molecule has 0 unspecified atom stereocenters. The van der Waals surface area contributed by atoms with Gasteiger partial charge in [-0.1, -0.05) is 34.1 Å². The van der Waals surface area contributed by atoms with Gasteiger partial charge in [0.15, 0.2) is 0 Å². The third-order valence-electron chi connectivity index (χ3n) is 3.78. The van der Waals surface area contributed by atoms with Crippen molar-refractivity contribution in [2.45, 2.75) is 31.3 Å². The quantitative estimate of drug-likeness (QED) is 0.926. The maximum atomic E-state index is 4.33. The van der Waals surface area contributed by atoms with Gasteiger partial charge in [0.1, 0.15) is 0 Å². The molecule has 0 radical (unpaired) electrons. The Labute approximate surface area is 122 Å². The van der Waals surface area contributed by atoms with E-state index >= 15 is 0 Å². The molecule has 3 rings (SSSR count). The van der Waals surface area contributed by atoms with E-state index in [0.29, 0.717) is 12.0 Å². The molecule has 0 bridgehead atoms. The Balaban J connectivity index is 1.47. The molecule has 1 heterocycles. The number of aromatic nitrogens is 1. The molecule has 0 spiro atoms. The van der Waals surface area contributed by atoms with Gasteiger partial charge in [0, 0.05) is 23.3 Å². The zero-order chi connectivity index (χ0) is 13.1. The van der Waals surface area contributed by atoms with Crippen molar-refractivity contribution in [1.29, 1.82) is 0 Å². The number of hydrogen-bond donors (Lipinski definition) is 1. The van der Waals surface area contributed by atoms with Crippen LogP contribution in [0.3, 0.4) is 0 Å². The van der Waals surface area contributed by atoms with Crippen LogP contribution in [-0.4, -0.2) is 11.0 Å². The van der Waals surface area contributed by atoms with Gasteiger partial charge in [-0.3, -0.25) is 4.98 Å². The first-order chi connectivity index (χ1) is 9.31. The number of halogens is 1. The van der Waals surface area contributed by atoms with Gasteiger partial charge >= 0.3 is 0 Å². The van der Waals surface area contributed by atoms with E-state index < -0.39 is 0 Å². The van der Waals surface area contributed by atoms with Crippen LogP contribution in [0.2, 0.25) is 0 Å². The van der Waals surface area contributed by atoms with E-state index in [-0.39, 0.29) is 0 Å². The fraction of sp³-hybridized carbons (Fsp3) is 0.312. The van der Waals surface area contributed by atoms with Gasteiger partial charge in [-0.05, 0) is 48.6 Å². The van der Waals surface area contributed by atoms with Gasteiger partial charge in [0.25, 0.3) is 0 Å². The summed E-state index contributed by atoms with van der Waals surface area (Å²) in [5, 5.41) is 3.57. The minimum Gasteiger partial charge on any atom is -0.308 e. The average molecular weight is 317 g/mol. The van der Waals surface area contributed by atoms with Gasteiger partial charge < -0.3 is 5.32 Å². The van der Waals surface area contributed by atoms with Gasteiger partial charge in [0.2, 0.25) is 0 Å². The van der Waals surface area contributed by atoms with E-state index in [4.69, 9.17) is 0 Å². The predicted octanol–water partition coefficient (Wildman–Crippen LogP) is 3.88. The summed E-state index contributed by atoms with van der Waals surface area (Å²) >= 11 is 3.48. The molecule has 98 valence electrons. The number of nitrogens with zero attached hydrogens (tertiary/aromatic N) is 1. The summed E-state index contributed by atoms with van der Waals surface area (Å²) in [6.45, 7) is 0.874. The van der Waals surface area contributed by atoms with Gasteiger partial charge in [-0.15, -0.1) is 0 Å². The molecule has 2 nitrogen and oxygen atoms in total. The summed E-state index contributed by atoms with van der Waals surface area (Å²) in [5.41, 5.74) is 2.58. The summed E-state index contributed by atoms with van der Waals surface area (Å²) in [5.74, 6) is 0.717. The average Bonchev–Trinajstić information content (AvgIpc) is 2.40. The molecular weight excluding hydrogens is 300 g/mol. The topological polar surface area (TPSA) is 24.9 Å². The molecule has 0 amide bonds. The highest BCUT2D eigenvalue weighted by atomic mass is 79.9. The van der Waals surface area contributed by atoms with Crippen LogP contribution in [-0.2, 0) is 6.54 Å². The van der Waals surface area contributed by atoms with E-state index in [1.54, 1.807) is 0 Å². The monoisotopic (exact) mass is 316 g/mol. The van der Waals surface area contributed by atoms with E-state index in [1.165, 1.54) is 18.4 Å². The van der Waals surface area contributed by atoms with E-state index in [2.05, 4.69) is 56.6 Å². The molecule has 1 saturated carbocycles. The van der Waals surface area contributed by atoms with Crippen molar-refractivity contribution >= 4 is 15.9 Å². The summed E-state index contributed by atoms with van der Waals surface area (Å²) in [6.07, 6.45) is 4.31. The van der Waals surface area contributed by atoms with E-state index in [1.807, 2.05) is 18.3 Å². The van der Waals surface area contributed by atoms with Crippen LogP contribution in [0.15, 0.2) is 53.1 Å². The molecule has 1 aliphatic rings. The molecule has 0 atom stereocenters.